The zero-order valence-electron chi connectivity index (χ0n) is 11.3. The van der Waals surface area contributed by atoms with Gasteiger partial charge in [-0.25, -0.2) is 0 Å². The van der Waals surface area contributed by atoms with Crippen LogP contribution in [0.4, 0.5) is 5.69 Å². The van der Waals surface area contributed by atoms with E-state index in [0.29, 0.717) is 0 Å². The van der Waals surface area contributed by atoms with Gasteiger partial charge in [0.15, 0.2) is 0 Å². The lowest BCUT2D eigenvalue weighted by Crippen LogP contribution is -2.20. The van der Waals surface area contributed by atoms with Crippen molar-refractivity contribution in [1.82, 2.24) is 0 Å². The van der Waals surface area contributed by atoms with Crippen LogP contribution in [0.2, 0.25) is 0 Å². The van der Waals surface area contributed by atoms with Crippen molar-refractivity contribution in [1.29, 1.82) is 0 Å². The first-order chi connectivity index (χ1) is 8.65. The highest BCUT2D eigenvalue weighted by Gasteiger charge is 2.24. The van der Waals surface area contributed by atoms with Gasteiger partial charge in [-0.15, -0.1) is 0 Å². The Morgan fingerprint density at radius 1 is 1.21 bits per heavy atom. The molecule has 106 valence electrons. The van der Waals surface area contributed by atoms with E-state index >= 15 is 0 Å². The van der Waals surface area contributed by atoms with E-state index in [9.17, 15) is 18.5 Å². The maximum atomic E-state index is 11.7. The number of nitro benzene ring substituents is 1. The van der Waals surface area contributed by atoms with E-state index in [1.54, 1.807) is 6.07 Å². The maximum Gasteiger partial charge on any atom is 0.312 e. The second kappa shape index (κ2) is 5.56. The molecule has 0 aliphatic rings. The fourth-order valence-corrected chi connectivity index (χ4v) is 1.90. The van der Waals surface area contributed by atoms with Crippen LogP contribution in [-0.2, 0) is 10.1 Å². The summed E-state index contributed by atoms with van der Waals surface area (Å²) >= 11 is 0. The smallest absolute Gasteiger partial charge is 0.312 e. The van der Waals surface area contributed by atoms with Crippen LogP contribution in [-0.4, -0.2) is 18.6 Å². The molecule has 0 spiro atoms. The summed E-state index contributed by atoms with van der Waals surface area (Å²) in [5, 5.41) is 10.1. The minimum atomic E-state index is -3.85. The third-order valence-electron chi connectivity index (χ3n) is 2.63. The van der Waals surface area contributed by atoms with Gasteiger partial charge >= 0.3 is 15.8 Å². The van der Waals surface area contributed by atoms with Crippen molar-refractivity contribution in [2.24, 2.45) is 0 Å². The minimum Gasteiger partial charge on any atom is -0.375 e. The molecule has 0 radical (unpaired) electrons. The van der Waals surface area contributed by atoms with E-state index in [4.69, 9.17) is 4.18 Å². The maximum absolute atomic E-state index is 11.7. The highest BCUT2D eigenvalue weighted by molar-refractivity contribution is 7.87. The van der Waals surface area contributed by atoms with Crippen molar-refractivity contribution in [3.8, 4) is 5.75 Å². The lowest BCUT2D eigenvalue weighted by atomic mass is 10.0. The van der Waals surface area contributed by atoms with Gasteiger partial charge in [0.1, 0.15) is 0 Å². The lowest BCUT2D eigenvalue weighted by molar-refractivity contribution is -0.385. The van der Waals surface area contributed by atoms with E-state index in [1.165, 1.54) is 26.0 Å². The molecule has 0 heterocycles. The second-order valence-corrected chi connectivity index (χ2v) is 6.86. The highest BCUT2D eigenvalue weighted by atomic mass is 32.2. The normalized spacial score (nSPS) is 11.9. The highest BCUT2D eigenvalue weighted by Crippen LogP contribution is 2.32. The van der Waals surface area contributed by atoms with E-state index < -0.39 is 20.3 Å². The zero-order valence-corrected chi connectivity index (χ0v) is 12.1. The molecule has 0 unspecified atom stereocenters. The summed E-state index contributed by atoms with van der Waals surface area (Å²) in [5.74, 6) is -0.116. The first kappa shape index (κ1) is 15.4. The Kier molecular flexibility index (Phi) is 4.52. The molecule has 0 aliphatic carbocycles. The van der Waals surface area contributed by atoms with Crippen LogP contribution >= 0.6 is 0 Å². The van der Waals surface area contributed by atoms with Gasteiger partial charge in [-0.3, -0.25) is 10.1 Å². The molecule has 1 aromatic rings. The Morgan fingerprint density at radius 3 is 2.21 bits per heavy atom. The molecule has 0 amide bonds. The minimum absolute atomic E-state index is 0.116. The van der Waals surface area contributed by atoms with Crippen LogP contribution in [0.5, 0.6) is 5.75 Å². The van der Waals surface area contributed by atoms with Crippen LogP contribution < -0.4 is 4.18 Å². The molecule has 1 aromatic carbocycles. The number of rotatable bonds is 5. The fraction of sp³-hybridized carbons (Fsp3) is 0.500. The number of hydrogen-bond donors (Lipinski definition) is 0. The van der Waals surface area contributed by atoms with E-state index in [2.05, 4.69) is 0 Å². The van der Waals surface area contributed by atoms with Gasteiger partial charge < -0.3 is 4.18 Å². The third-order valence-corrected chi connectivity index (χ3v) is 4.20. The predicted molar refractivity (Wildman–Crippen MR) is 71.9 cm³/mol. The molecule has 0 aliphatic heterocycles. The molecule has 1 rings (SSSR count). The Balaban J connectivity index is 3.30. The van der Waals surface area contributed by atoms with Crippen LogP contribution in [0, 0.1) is 10.1 Å². The quantitative estimate of drug-likeness (QED) is 0.472. The van der Waals surface area contributed by atoms with Crippen LogP contribution in [0.15, 0.2) is 18.2 Å². The fourth-order valence-electron chi connectivity index (χ4n) is 1.33. The van der Waals surface area contributed by atoms with Crippen molar-refractivity contribution in [3.05, 3.63) is 33.9 Å². The molecule has 7 heteroatoms. The molecule has 0 saturated carbocycles. The molecule has 19 heavy (non-hydrogen) atoms. The Bertz CT molecular complexity index is 578. The molecule has 0 N–H and O–H groups in total. The molecule has 0 aromatic heterocycles. The molecule has 0 bridgehead atoms. The molecule has 0 fully saturated rings. The zero-order chi connectivity index (χ0) is 14.8. The summed E-state index contributed by atoms with van der Waals surface area (Å²) in [7, 11) is -3.85. The largest absolute Gasteiger partial charge is 0.375 e. The molecule has 6 nitrogen and oxygen atoms in total. The standard InChI is InChI=1S/C12H17NO5S/c1-8(2)10-5-6-11(13(14)15)12(7-10)18-19(16,17)9(3)4/h5-9H,1-4H3. The topological polar surface area (TPSA) is 86.5 Å². The third kappa shape index (κ3) is 3.66. The summed E-state index contributed by atoms with van der Waals surface area (Å²) in [6.45, 7) is 6.71. The van der Waals surface area contributed by atoms with Gasteiger partial charge in [0.05, 0.1) is 10.2 Å². The Labute approximate surface area is 112 Å². The van der Waals surface area contributed by atoms with Gasteiger partial charge in [0.25, 0.3) is 0 Å². The molecular formula is C12H17NO5S. The first-order valence-corrected chi connectivity index (χ1v) is 7.34. The molecule has 0 atom stereocenters. The molecular weight excluding hydrogens is 270 g/mol. The monoisotopic (exact) mass is 287 g/mol. The number of benzene rings is 1. The lowest BCUT2D eigenvalue weighted by Gasteiger charge is -2.12. The van der Waals surface area contributed by atoms with Crippen molar-refractivity contribution in [3.63, 3.8) is 0 Å². The number of hydrogen-bond acceptors (Lipinski definition) is 5. The van der Waals surface area contributed by atoms with Gasteiger partial charge in [-0.05, 0) is 31.4 Å². The average molecular weight is 287 g/mol. The second-order valence-electron chi connectivity index (χ2n) is 4.76. The van der Waals surface area contributed by atoms with Crippen molar-refractivity contribution >= 4 is 15.8 Å². The number of nitrogens with zero attached hydrogens (tertiary/aromatic N) is 1. The van der Waals surface area contributed by atoms with Crippen molar-refractivity contribution in [2.45, 2.75) is 38.9 Å². The van der Waals surface area contributed by atoms with Crippen LogP contribution in [0.25, 0.3) is 0 Å². The van der Waals surface area contributed by atoms with Crippen molar-refractivity contribution in [2.75, 3.05) is 0 Å². The average Bonchev–Trinajstić information content (AvgIpc) is 2.27. The van der Waals surface area contributed by atoms with Gasteiger partial charge in [0.2, 0.25) is 5.75 Å². The summed E-state index contributed by atoms with van der Waals surface area (Å²) in [6.07, 6.45) is 0. The predicted octanol–water partition coefficient (Wildman–Crippen LogP) is 2.84. The number of nitro groups is 1. The summed E-state index contributed by atoms with van der Waals surface area (Å²) in [4.78, 5) is 10.2. The van der Waals surface area contributed by atoms with E-state index in [0.717, 1.165) is 5.56 Å². The first-order valence-electron chi connectivity index (χ1n) is 5.86. The van der Waals surface area contributed by atoms with Gasteiger partial charge in [0, 0.05) is 6.07 Å². The Hall–Kier alpha value is -1.63. The van der Waals surface area contributed by atoms with Crippen LogP contribution in [0.1, 0.15) is 39.2 Å². The van der Waals surface area contributed by atoms with E-state index in [1.807, 2.05) is 13.8 Å². The van der Waals surface area contributed by atoms with Crippen molar-refractivity contribution < 1.29 is 17.5 Å². The SMILES string of the molecule is CC(C)c1ccc([N+](=O)[O-])c(OS(=O)(=O)C(C)C)c1. The Morgan fingerprint density at radius 2 is 1.79 bits per heavy atom. The summed E-state index contributed by atoms with van der Waals surface area (Å²) in [6, 6.07) is 4.26. The van der Waals surface area contributed by atoms with E-state index in [-0.39, 0.29) is 17.4 Å². The van der Waals surface area contributed by atoms with Crippen LogP contribution in [0.3, 0.4) is 0 Å². The summed E-state index contributed by atoms with van der Waals surface area (Å²) < 4.78 is 28.3. The van der Waals surface area contributed by atoms with Gasteiger partial charge in [-0.1, -0.05) is 19.9 Å². The molecule has 0 saturated heterocycles. The summed E-state index contributed by atoms with van der Waals surface area (Å²) in [5.41, 5.74) is 0.424. The van der Waals surface area contributed by atoms with Gasteiger partial charge in [-0.2, -0.15) is 8.42 Å².